The molecule has 4 aliphatic carbocycles. The van der Waals surface area contributed by atoms with Crippen molar-refractivity contribution in [2.24, 2.45) is 28.6 Å². The second-order valence-corrected chi connectivity index (χ2v) is 10.9. The predicted octanol–water partition coefficient (Wildman–Crippen LogP) is 2.82. The van der Waals surface area contributed by atoms with Crippen molar-refractivity contribution >= 4 is 24.5 Å². The molecule has 1 amide bonds. The first-order valence-corrected chi connectivity index (χ1v) is 12.4. The third-order valence-electron chi connectivity index (χ3n) is 8.97. The van der Waals surface area contributed by atoms with Crippen LogP contribution in [0.25, 0.3) is 0 Å². The summed E-state index contributed by atoms with van der Waals surface area (Å²) in [5, 5.41) is 22.0. The van der Waals surface area contributed by atoms with Crippen LogP contribution in [0.15, 0.2) is 23.4 Å². The first-order chi connectivity index (χ1) is 15.2. The normalized spacial score (nSPS) is 39.0. The molecule has 0 aromatic heterocycles. The van der Waals surface area contributed by atoms with Gasteiger partial charge in [-0.05, 0) is 79.6 Å². The van der Waals surface area contributed by atoms with Crippen LogP contribution in [0, 0.1) is 28.6 Å². The van der Waals surface area contributed by atoms with Gasteiger partial charge in [0.1, 0.15) is 6.04 Å². The van der Waals surface area contributed by atoms with E-state index in [0.29, 0.717) is 17.8 Å². The van der Waals surface area contributed by atoms with E-state index in [1.807, 2.05) is 0 Å². The highest BCUT2D eigenvalue weighted by atomic mass is 32.1. The van der Waals surface area contributed by atoms with Gasteiger partial charge in [0, 0.05) is 5.75 Å². The van der Waals surface area contributed by atoms with E-state index in [-0.39, 0.29) is 29.3 Å². The van der Waals surface area contributed by atoms with E-state index in [2.05, 4.69) is 49.4 Å². The van der Waals surface area contributed by atoms with Crippen LogP contribution < -0.4 is 10.8 Å². The maximum absolute atomic E-state index is 11.9. The smallest absolute Gasteiger partial charge is 0.327 e. The zero-order chi connectivity index (χ0) is 23.1. The third kappa shape index (κ3) is 4.10. The van der Waals surface area contributed by atoms with Crippen LogP contribution in [0.4, 0.5) is 0 Å². The summed E-state index contributed by atoms with van der Waals surface area (Å²) in [5.41, 5.74) is 5.40. The van der Waals surface area contributed by atoms with Gasteiger partial charge in [0.15, 0.2) is 6.61 Å². The maximum Gasteiger partial charge on any atom is 0.327 e. The number of hydroxylamine groups is 1. The lowest BCUT2D eigenvalue weighted by atomic mass is 9.48. The molecule has 0 radical (unpaired) electrons. The molecule has 0 unspecified atom stereocenters. The van der Waals surface area contributed by atoms with Crippen molar-refractivity contribution in [3.63, 3.8) is 0 Å². The van der Waals surface area contributed by atoms with Crippen molar-refractivity contribution < 1.29 is 24.6 Å². The van der Waals surface area contributed by atoms with Crippen LogP contribution in [0.1, 0.15) is 58.8 Å². The summed E-state index contributed by atoms with van der Waals surface area (Å²) < 4.78 is 0. The van der Waals surface area contributed by atoms with E-state index >= 15 is 0 Å². The standard InChI is InChI=1S/C24H36N2O5S/c1-23-9-7-15(26-31-12-21(28)25-19(13-32)22(29)30)11-14(23)3-4-16-17-5-6-20(27)24(17,2)10-8-18(16)23/h7,11,16-20,26-27,32H,3-6,8-10,12-13H2,1-2H3,(H,25,28)(H,29,30)/t16-,17-,18+,19+,20+,23-,24+/m0/s1. The van der Waals surface area contributed by atoms with Gasteiger partial charge in [0.05, 0.1) is 11.8 Å². The van der Waals surface area contributed by atoms with Crippen LogP contribution in [-0.2, 0) is 14.4 Å². The molecule has 7 nitrogen and oxygen atoms in total. The highest BCUT2D eigenvalue weighted by Crippen LogP contribution is 2.65. The van der Waals surface area contributed by atoms with Crippen molar-refractivity contribution in [1.29, 1.82) is 0 Å². The number of rotatable bonds is 7. The number of hydrogen-bond donors (Lipinski definition) is 5. The number of aliphatic hydroxyl groups excluding tert-OH is 1. The highest BCUT2D eigenvalue weighted by Gasteiger charge is 2.58. The quantitative estimate of drug-likeness (QED) is 0.293. The van der Waals surface area contributed by atoms with E-state index < -0.39 is 17.9 Å². The Kier molecular flexibility index (Phi) is 6.67. The Morgan fingerprint density at radius 1 is 1.25 bits per heavy atom. The molecule has 4 aliphatic rings. The van der Waals surface area contributed by atoms with Gasteiger partial charge in [0.2, 0.25) is 5.91 Å². The Morgan fingerprint density at radius 2 is 2.03 bits per heavy atom. The Hall–Kier alpha value is -1.51. The van der Waals surface area contributed by atoms with E-state index in [9.17, 15) is 14.7 Å². The number of carboxylic acids is 1. The Bertz CT molecular complexity index is 829. The Morgan fingerprint density at radius 3 is 2.75 bits per heavy atom. The molecule has 4 rings (SSSR count). The van der Waals surface area contributed by atoms with E-state index in [1.165, 1.54) is 18.4 Å². The summed E-state index contributed by atoms with van der Waals surface area (Å²) in [7, 11) is 0. The number of amides is 1. The van der Waals surface area contributed by atoms with Gasteiger partial charge in [-0.2, -0.15) is 12.6 Å². The summed E-state index contributed by atoms with van der Waals surface area (Å²) >= 11 is 3.94. The molecule has 0 aromatic rings. The van der Waals surface area contributed by atoms with Crippen molar-refractivity contribution in [3.8, 4) is 0 Å². The molecule has 3 fully saturated rings. The van der Waals surface area contributed by atoms with Gasteiger partial charge in [-0.1, -0.05) is 25.5 Å². The highest BCUT2D eigenvalue weighted by molar-refractivity contribution is 7.80. The van der Waals surface area contributed by atoms with E-state index in [1.54, 1.807) is 0 Å². The molecule has 32 heavy (non-hydrogen) atoms. The topological polar surface area (TPSA) is 108 Å². The summed E-state index contributed by atoms with van der Waals surface area (Å²) in [6.45, 7) is 4.43. The zero-order valence-corrected chi connectivity index (χ0v) is 19.9. The third-order valence-corrected chi connectivity index (χ3v) is 9.34. The molecule has 0 bridgehead atoms. The molecule has 3 saturated carbocycles. The number of allylic oxidation sites excluding steroid dienone is 3. The SMILES string of the molecule is C[C@@]12CC[C@@H]3[C@@H](CCC4=CC(NOCC(=O)N[C@H](CS)C(=O)O)=CC[C@@]43C)[C@@H]1CC[C@H]2O. The molecule has 4 N–H and O–H groups in total. The molecular formula is C24H36N2O5S. The fourth-order valence-corrected chi connectivity index (χ4v) is 7.31. The van der Waals surface area contributed by atoms with Gasteiger partial charge in [-0.3, -0.25) is 15.1 Å². The molecule has 0 saturated heterocycles. The second-order valence-electron chi connectivity index (χ2n) is 10.5. The first-order valence-electron chi connectivity index (χ1n) is 11.8. The zero-order valence-electron chi connectivity index (χ0n) is 19.0. The van der Waals surface area contributed by atoms with Crippen LogP contribution in [0.2, 0.25) is 0 Å². The van der Waals surface area contributed by atoms with Crippen LogP contribution in [0.5, 0.6) is 0 Å². The lowest BCUT2D eigenvalue weighted by Gasteiger charge is -2.57. The number of nitrogens with one attached hydrogen (secondary N) is 2. The Labute approximate surface area is 195 Å². The number of aliphatic carboxylic acids is 1. The number of carboxylic acid groups (broad SMARTS) is 1. The monoisotopic (exact) mass is 464 g/mol. The van der Waals surface area contributed by atoms with Crippen molar-refractivity contribution in [2.75, 3.05) is 12.4 Å². The van der Waals surface area contributed by atoms with Crippen LogP contribution >= 0.6 is 12.6 Å². The fourth-order valence-electron chi connectivity index (χ4n) is 7.07. The number of hydrogen-bond acceptors (Lipinski definition) is 6. The molecule has 0 aromatic carbocycles. The largest absolute Gasteiger partial charge is 0.480 e. The maximum atomic E-state index is 11.9. The van der Waals surface area contributed by atoms with Gasteiger partial charge in [-0.25, -0.2) is 4.79 Å². The van der Waals surface area contributed by atoms with Gasteiger partial charge >= 0.3 is 5.97 Å². The lowest BCUT2D eigenvalue weighted by molar-refractivity contribution is -0.142. The van der Waals surface area contributed by atoms with Gasteiger partial charge in [0.25, 0.3) is 0 Å². The molecular weight excluding hydrogens is 428 g/mol. The molecule has 7 atom stereocenters. The lowest BCUT2D eigenvalue weighted by Crippen LogP contribution is -2.50. The molecule has 178 valence electrons. The summed E-state index contributed by atoms with van der Waals surface area (Å²) in [5.74, 6) is 0.357. The minimum Gasteiger partial charge on any atom is -0.480 e. The molecule has 0 spiro atoms. The minimum atomic E-state index is -1.12. The van der Waals surface area contributed by atoms with Crippen molar-refractivity contribution in [1.82, 2.24) is 10.8 Å². The minimum absolute atomic E-state index is 0.0193. The average molecular weight is 465 g/mol. The number of fused-ring (bicyclic) bond motifs is 5. The van der Waals surface area contributed by atoms with Crippen molar-refractivity contribution in [2.45, 2.75) is 70.9 Å². The summed E-state index contributed by atoms with van der Waals surface area (Å²) in [6.07, 6.45) is 11.7. The summed E-state index contributed by atoms with van der Waals surface area (Å²) in [4.78, 5) is 28.2. The second kappa shape index (κ2) is 9.03. The molecule has 8 heteroatoms. The molecule has 0 aliphatic heterocycles. The number of carbonyl (C=O) groups is 2. The number of carbonyl (C=O) groups excluding carboxylic acids is 1. The molecule has 0 heterocycles. The van der Waals surface area contributed by atoms with E-state index in [0.717, 1.165) is 37.8 Å². The van der Waals surface area contributed by atoms with Gasteiger partial charge < -0.3 is 15.5 Å². The Balaban J connectivity index is 1.35. The number of thiol groups is 1. The van der Waals surface area contributed by atoms with E-state index in [4.69, 9.17) is 9.94 Å². The summed E-state index contributed by atoms with van der Waals surface area (Å²) in [6, 6.07) is -1.03. The van der Waals surface area contributed by atoms with Crippen LogP contribution in [-0.4, -0.2) is 46.6 Å². The van der Waals surface area contributed by atoms with Gasteiger partial charge in [-0.15, -0.1) is 0 Å². The average Bonchev–Trinajstić information content (AvgIpc) is 3.06. The number of aliphatic hydroxyl groups is 1. The fraction of sp³-hybridized carbons (Fsp3) is 0.750. The first kappa shape index (κ1) is 23.6. The predicted molar refractivity (Wildman–Crippen MR) is 124 cm³/mol. The van der Waals surface area contributed by atoms with Crippen LogP contribution in [0.3, 0.4) is 0 Å². The van der Waals surface area contributed by atoms with Crippen molar-refractivity contribution in [3.05, 3.63) is 23.4 Å².